The highest BCUT2D eigenvalue weighted by Crippen LogP contribution is 2.33. The van der Waals surface area contributed by atoms with Crippen molar-refractivity contribution < 1.29 is 0 Å². The molecule has 19 heavy (non-hydrogen) atoms. The molecule has 0 amide bonds. The van der Waals surface area contributed by atoms with Gasteiger partial charge in [-0.1, -0.05) is 36.2 Å². The third kappa shape index (κ3) is 3.51. The molecule has 1 unspecified atom stereocenters. The molecule has 0 saturated carbocycles. The zero-order valence-electron chi connectivity index (χ0n) is 11.0. The summed E-state index contributed by atoms with van der Waals surface area (Å²) in [6.45, 7) is 2.18. The van der Waals surface area contributed by atoms with E-state index in [0.29, 0.717) is 0 Å². The Balaban J connectivity index is 2.25. The van der Waals surface area contributed by atoms with Crippen molar-refractivity contribution in [2.75, 3.05) is 7.05 Å². The quantitative estimate of drug-likeness (QED) is 0.807. The van der Waals surface area contributed by atoms with E-state index in [-0.39, 0.29) is 6.04 Å². The number of benzene rings is 1. The van der Waals surface area contributed by atoms with Gasteiger partial charge in [-0.25, -0.2) is 0 Å². The number of nitrogens with one attached hydrogen (secondary N) is 1. The Morgan fingerprint density at radius 2 is 1.74 bits per heavy atom. The van der Waals surface area contributed by atoms with Gasteiger partial charge >= 0.3 is 0 Å². The molecule has 102 valence electrons. The van der Waals surface area contributed by atoms with E-state index in [9.17, 15) is 0 Å². The van der Waals surface area contributed by atoms with Crippen LogP contribution >= 0.6 is 34.5 Å². The van der Waals surface area contributed by atoms with E-state index >= 15 is 0 Å². The monoisotopic (exact) mass is 313 g/mol. The van der Waals surface area contributed by atoms with Crippen LogP contribution < -0.4 is 5.32 Å². The molecule has 2 aromatic rings. The van der Waals surface area contributed by atoms with Gasteiger partial charge in [-0.2, -0.15) is 0 Å². The van der Waals surface area contributed by atoms with E-state index < -0.39 is 0 Å². The van der Waals surface area contributed by atoms with Gasteiger partial charge in [0.1, 0.15) is 0 Å². The molecule has 1 aromatic heterocycles. The molecule has 2 rings (SSSR count). The van der Waals surface area contributed by atoms with Gasteiger partial charge in [0.15, 0.2) is 0 Å². The zero-order valence-corrected chi connectivity index (χ0v) is 13.4. The smallest absolute Gasteiger partial charge is 0.0468 e. The van der Waals surface area contributed by atoms with Crippen LogP contribution in [0, 0.1) is 0 Å². The molecule has 0 aliphatic carbocycles. The van der Waals surface area contributed by atoms with Gasteiger partial charge in [0.05, 0.1) is 0 Å². The maximum Gasteiger partial charge on any atom is 0.0468 e. The molecule has 0 bridgehead atoms. The fourth-order valence-electron chi connectivity index (χ4n) is 2.12. The molecule has 1 atom stereocenters. The Kier molecular flexibility index (Phi) is 5.28. The van der Waals surface area contributed by atoms with Crippen LogP contribution in [-0.4, -0.2) is 7.05 Å². The van der Waals surface area contributed by atoms with Crippen LogP contribution in [0.1, 0.15) is 28.3 Å². The fraction of sp³-hybridized carbons (Fsp3) is 0.333. The standard InChI is InChI=1S/C15H17Cl2NS/c1-3-10-7-8-11(19-10)9-14(18-2)15-12(16)5-4-6-13(15)17/h4-8,14,18H,3,9H2,1-2H3. The van der Waals surface area contributed by atoms with Crippen LogP contribution in [0.3, 0.4) is 0 Å². The van der Waals surface area contributed by atoms with Crippen LogP contribution in [0.25, 0.3) is 0 Å². The summed E-state index contributed by atoms with van der Waals surface area (Å²) >= 11 is 14.4. The summed E-state index contributed by atoms with van der Waals surface area (Å²) in [6, 6.07) is 10.2. The van der Waals surface area contributed by atoms with E-state index in [1.165, 1.54) is 9.75 Å². The topological polar surface area (TPSA) is 12.0 Å². The number of halogens is 2. The minimum absolute atomic E-state index is 0.143. The Morgan fingerprint density at radius 1 is 1.11 bits per heavy atom. The lowest BCUT2D eigenvalue weighted by Gasteiger charge is -2.18. The first-order valence-corrected chi connectivity index (χ1v) is 7.91. The second-order valence-corrected chi connectivity index (χ2v) is 6.47. The van der Waals surface area contributed by atoms with Crippen LogP contribution in [0.15, 0.2) is 30.3 Å². The van der Waals surface area contributed by atoms with E-state index in [1.807, 2.05) is 36.6 Å². The van der Waals surface area contributed by atoms with Crippen molar-refractivity contribution in [3.8, 4) is 0 Å². The normalized spacial score (nSPS) is 12.6. The van der Waals surface area contributed by atoms with Gasteiger partial charge < -0.3 is 5.32 Å². The molecule has 0 spiro atoms. The largest absolute Gasteiger partial charge is 0.313 e. The average Bonchev–Trinajstić information content (AvgIpc) is 2.85. The summed E-state index contributed by atoms with van der Waals surface area (Å²) < 4.78 is 0. The second-order valence-electron chi connectivity index (χ2n) is 4.40. The molecule has 0 fully saturated rings. The first kappa shape index (κ1) is 14.9. The zero-order chi connectivity index (χ0) is 13.8. The average molecular weight is 314 g/mol. The third-order valence-electron chi connectivity index (χ3n) is 3.17. The van der Waals surface area contributed by atoms with Gasteiger partial charge in [-0.05, 0) is 37.7 Å². The lowest BCUT2D eigenvalue weighted by Crippen LogP contribution is -2.19. The molecule has 0 saturated heterocycles. The highest BCUT2D eigenvalue weighted by atomic mass is 35.5. The van der Waals surface area contributed by atoms with Crippen molar-refractivity contribution in [1.29, 1.82) is 0 Å². The lowest BCUT2D eigenvalue weighted by molar-refractivity contribution is 0.597. The number of rotatable bonds is 5. The highest BCUT2D eigenvalue weighted by Gasteiger charge is 2.17. The van der Waals surface area contributed by atoms with Crippen molar-refractivity contribution in [1.82, 2.24) is 5.32 Å². The Hall–Kier alpha value is -0.540. The molecule has 4 heteroatoms. The molecular weight excluding hydrogens is 297 g/mol. The summed E-state index contributed by atoms with van der Waals surface area (Å²) in [4.78, 5) is 2.77. The van der Waals surface area contributed by atoms with Crippen LogP contribution in [-0.2, 0) is 12.8 Å². The van der Waals surface area contributed by atoms with Gasteiger partial charge in [0.25, 0.3) is 0 Å². The number of thiophene rings is 1. The maximum atomic E-state index is 6.28. The summed E-state index contributed by atoms with van der Waals surface area (Å²) in [5.74, 6) is 0. The van der Waals surface area contributed by atoms with E-state index in [2.05, 4.69) is 24.4 Å². The summed E-state index contributed by atoms with van der Waals surface area (Å²) in [5.41, 5.74) is 0.986. The van der Waals surface area contributed by atoms with Crippen molar-refractivity contribution >= 4 is 34.5 Å². The van der Waals surface area contributed by atoms with E-state index in [1.54, 1.807) is 0 Å². The predicted octanol–water partition coefficient (Wildman–Crippen LogP) is 5.12. The summed E-state index contributed by atoms with van der Waals surface area (Å²) in [5, 5.41) is 4.76. The van der Waals surface area contributed by atoms with Gasteiger partial charge in [0, 0.05) is 37.8 Å². The summed E-state index contributed by atoms with van der Waals surface area (Å²) in [7, 11) is 1.94. The van der Waals surface area contributed by atoms with Crippen LogP contribution in [0.2, 0.25) is 10.0 Å². The maximum absolute atomic E-state index is 6.28. The number of hydrogen-bond acceptors (Lipinski definition) is 2. The van der Waals surface area contributed by atoms with E-state index in [0.717, 1.165) is 28.5 Å². The molecule has 1 nitrogen and oxygen atoms in total. The minimum Gasteiger partial charge on any atom is -0.313 e. The Morgan fingerprint density at radius 3 is 2.26 bits per heavy atom. The predicted molar refractivity (Wildman–Crippen MR) is 85.7 cm³/mol. The molecule has 1 heterocycles. The molecule has 0 aliphatic rings. The lowest BCUT2D eigenvalue weighted by atomic mass is 10.0. The van der Waals surface area contributed by atoms with Crippen LogP contribution in [0.5, 0.6) is 0 Å². The summed E-state index contributed by atoms with van der Waals surface area (Å²) in [6.07, 6.45) is 1.99. The van der Waals surface area contributed by atoms with Crippen LogP contribution in [0.4, 0.5) is 0 Å². The highest BCUT2D eigenvalue weighted by molar-refractivity contribution is 7.11. The SMILES string of the molecule is CCc1ccc(CC(NC)c2c(Cl)cccc2Cl)s1. The molecule has 0 radical (unpaired) electrons. The first-order valence-electron chi connectivity index (χ1n) is 6.34. The molecular formula is C15H17Cl2NS. The second kappa shape index (κ2) is 6.76. The van der Waals surface area contributed by atoms with Crippen molar-refractivity contribution in [2.45, 2.75) is 25.8 Å². The fourth-order valence-corrected chi connectivity index (χ4v) is 3.78. The van der Waals surface area contributed by atoms with E-state index in [4.69, 9.17) is 23.2 Å². The number of hydrogen-bond donors (Lipinski definition) is 1. The van der Waals surface area contributed by atoms with Gasteiger partial charge in [0.2, 0.25) is 0 Å². The van der Waals surface area contributed by atoms with Gasteiger partial charge in [-0.3, -0.25) is 0 Å². The Bertz CT molecular complexity index is 531. The molecule has 1 N–H and O–H groups in total. The third-order valence-corrected chi connectivity index (χ3v) is 5.08. The van der Waals surface area contributed by atoms with Crippen molar-refractivity contribution in [3.05, 3.63) is 55.7 Å². The minimum atomic E-state index is 0.143. The number of likely N-dealkylation sites (N-methyl/N-ethyl adjacent to an activating group) is 1. The molecule has 0 aliphatic heterocycles. The Labute approximate surface area is 128 Å². The molecule has 1 aromatic carbocycles. The van der Waals surface area contributed by atoms with Gasteiger partial charge in [-0.15, -0.1) is 11.3 Å². The van der Waals surface area contributed by atoms with Crippen molar-refractivity contribution in [3.63, 3.8) is 0 Å². The first-order chi connectivity index (χ1) is 9.15. The van der Waals surface area contributed by atoms with Crippen molar-refractivity contribution in [2.24, 2.45) is 0 Å². The number of aryl methyl sites for hydroxylation is 1.